The van der Waals surface area contributed by atoms with Crippen LogP contribution in [0.2, 0.25) is 0 Å². The molecule has 146 valence electrons. The Morgan fingerprint density at radius 2 is 2.32 bits per heavy atom. The van der Waals surface area contributed by atoms with Gasteiger partial charge in [-0.25, -0.2) is 9.67 Å². The molecule has 3 aromatic rings. The van der Waals surface area contributed by atoms with E-state index in [1.54, 1.807) is 24.5 Å². The second kappa shape index (κ2) is 8.17. The number of aryl methyl sites for hydroxylation is 2. The number of nitrogens with zero attached hydrogens (tertiary/aromatic N) is 5. The molecule has 28 heavy (non-hydrogen) atoms. The second-order valence-electron chi connectivity index (χ2n) is 7.06. The first kappa shape index (κ1) is 18.7. The highest BCUT2D eigenvalue weighted by Crippen LogP contribution is 2.23. The molecule has 0 aliphatic carbocycles. The SMILES string of the molecule is CC#CCn1c(N2CCCC(N)C2)nc2cnn(CCc3ccsc3)c(=O)c21. The standard InChI is InChI=1S/C20H24N6OS/c1-2-3-9-25-18-17(23-20(25)24-8-4-5-16(21)13-24)12-22-26(19(18)27)10-6-15-7-11-28-14-15/h7,11-12,14,16H,4-6,8-10,13,21H2,1H3. The first-order valence-corrected chi connectivity index (χ1v) is 10.5. The van der Waals surface area contributed by atoms with Crippen molar-refractivity contribution in [3.05, 3.63) is 38.9 Å². The molecule has 0 spiro atoms. The van der Waals surface area contributed by atoms with Crippen LogP contribution in [-0.2, 0) is 19.5 Å². The quantitative estimate of drug-likeness (QED) is 0.666. The van der Waals surface area contributed by atoms with Crippen molar-refractivity contribution in [3.8, 4) is 11.8 Å². The molecule has 1 aliphatic rings. The lowest BCUT2D eigenvalue weighted by Crippen LogP contribution is -2.44. The van der Waals surface area contributed by atoms with Crippen LogP contribution in [0, 0.1) is 11.8 Å². The van der Waals surface area contributed by atoms with Crippen molar-refractivity contribution in [2.75, 3.05) is 18.0 Å². The van der Waals surface area contributed by atoms with E-state index < -0.39 is 0 Å². The van der Waals surface area contributed by atoms with E-state index in [0.717, 1.165) is 38.3 Å². The van der Waals surface area contributed by atoms with Gasteiger partial charge in [0.1, 0.15) is 11.0 Å². The van der Waals surface area contributed by atoms with Gasteiger partial charge < -0.3 is 10.6 Å². The highest BCUT2D eigenvalue weighted by molar-refractivity contribution is 7.07. The third-order valence-electron chi connectivity index (χ3n) is 5.08. The van der Waals surface area contributed by atoms with Gasteiger partial charge in [-0.15, -0.1) is 5.92 Å². The van der Waals surface area contributed by atoms with E-state index in [-0.39, 0.29) is 11.6 Å². The molecule has 1 unspecified atom stereocenters. The number of aromatic nitrogens is 4. The first-order valence-electron chi connectivity index (χ1n) is 9.55. The zero-order chi connectivity index (χ0) is 19.5. The summed E-state index contributed by atoms with van der Waals surface area (Å²) in [5.41, 5.74) is 8.44. The Balaban J connectivity index is 1.74. The molecule has 1 fully saturated rings. The normalized spacial score (nSPS) is 16.9. The van der Waals surface area contributed by atoms with Crippen LogP contribution in [-0.4, -0.2) is 38.5 Å². The Morgan fingerprint density at radius 1 is 1.43 bits per heavy atom. The molecule has 1 atom stereocenters. The average Bonchev–Trinajstić information content (AvgIpc) is 3.34. The van der Waals surface area contributed by atoms with E-state index in [0.29, 0.717) is 24.1 Å². The number of rotatable bonds is 5. The van der Waals surface area contributed by atoms with Crippen LogP contribution < -0.4 is 16.2 Å². The molecule has 7 nitrogen and oxygen atoms in total. The van der Waals surface area contributed by atoms with Crippen LogP contribution in [0.1, 0.15) is 25.3 Å². The van der Waals surface area contributed by atoms with Gasteiger partial charge in [-0.3, -0.25) is 9.36 Å². The first-order chi connectivity index (χ1) is 13.7. The van der Waals surface area contributed by atoms with Crippen molar-refractivity contribution >= 4 is 28.3 Å². The number of nitrogens with two attached hydrogens (primary N) is 1. The Kier molecular flexibility index (Phi) is 5.46. The van der Waals surface area contributed by atoms with Crippen LogP contribution in [0.4, 0.5) is 5.95 Å². The van der Waals surface area contributed by atoms with Crippen molar-refractivity contribution in [2.45, 2.75) is 45.3 Å². The summed E-state index contributed by atoms with van der Waals surface area (Å²) in [5.74, 6) is 6.77. The zero-order valence-electron chi connectivity index (χ0n) is 16.0. The number of fused-ring (bicyclic) bond motifs is 1. The van der Waals surface area contributed by atoms with Crippen LogP contribution >= 0.6 is 11.3 Å². The van der Waals surface area contributed by atoms with Crippen molar-refractivity contribution in [2.24, 2.45) is 5.73 Å². The summed E-state index contributed by atoms with van der Waals surface area (Å²) >= 11 is 1.66. The van der Waals surface area contributed by atoms with Crippen molar-refractivity contribution < 1.29 is 0 Å². The highest BCUT2D eigenvalue weighted by atomic mass is 32.1. The summed E-state index contributed by atoms with van der Waals surface area (Å²) in [7, 11) is 0. The molecule has 4 heterocycles. The lowest BCUT2D eigenvalue weighted by atomic mass is 10.1. The molecule has 0 amide bonds. The fraction of sp³-hybridized carbons (Fsp3) is 0.450. The summed E-state index contributed by atoms with van der Waals surface area (Å²) in [6.45, 7) is 4.40. The molecular formula is C20H24N6OS. The molecule has 8 heteroatoms. The number of thiophene rings is 1. The number of hydrogen-bond acceptors (Lipinski definition) is 6. The summed E-state index contributed by atoms with van der Waals surface area (Å²) < 4.78 is 3.46. The number of piperidine rings is 1. The van der Waals surface area contributed by atoms with Gasteiger partial charge in [0.2, 0.25) is 5.95 Å². The minimum Gasteiger partial charge on any atom is -0.341 e. The maximum absolute atomic E-state index is 13.2. The van der Waals surface area contributed by atoms with Crippen molar-refractivity contribution in [1.29, 1.82) is 0 Å². The fourth-order valence-electron chi connectivity index (χ4n) is 3.64. The lowest BCUT2D eigenvalue weighted by Gasteiger charge is -2.31. The Labute approximate surface area is 167 Å². The second-order valence-corrected chi connectivity index (χ2v) is 7.84. The molecule has 4 rings (SSSR count). The van der Waals surface area contributed by atoms with E-state index in [1.807, 2.05) is 9.95 Å². The topological polar surface area (TPSA) is 82.0 Å². The maximum atomic E-state index is 13.2. The molecule has 0 radical (unpaired) electrons. The van der Waals surface area contributed by atoms with Crippen LogP contribution in [0.15, 0.2) is 27.8 Å². The summed E-state index contributed by atoms with van der Waals surface area (Å²) in [6, 6.07) is 2.20. The molecule has 0 bridgehead atoms. The Hall–Kier alpha value is -2.63. The predicted molar refractivity (Wildman–Crippen MR) is 113 cm³/mol. The Morgan fingerprint density at radius 3 is 3.07 bits per heavy atom. The van der Waals surface area contributed by atoms with Crippen LogP contribution in [0.5, 0.6) is 0 Å². The number of imidazole rings is 1. The molecular weight excluding hydrogens is 372 g/mol. The minimum atomic E-state index is -0.120. The van der Waals surface area contributed by atoms with E-state index in [9.17, 15) is 4.79 Å². The van der Waals surface area contributed by atoms with Crippen LogP contribution in [0.3, 0.4) is 0 Å². The van der Waals surface area contributed by atoms with E-state index in [2.05, 4.69) is 33.3 Å². The van der Waals surface area contributed by atoms with Gasteiger partial charge in [-0.05, 0) is 48.6 Å². The van der Waals surface area contributed by atoms with Gasteiger partial charge in [0.25, 0.3) is 5.56 Å². The third-order valence-corrected chi connectivity index (χ3v) is 5.81. The largest absolute Gasteiger partial charge is 0.341 e. The smallest absolute Gasteiger partial charge is 0.293 e. The Bertz CT molecular complexity index is 1070. The minimum absolute atomic E-state index is 0.120. The van der Waals surface area contributed by atoms with E-state index in [4.69, 9.17) is 10.7 Å². The number of hydrogen-bond donors (Lipinski definition) is 1. The van der Waals surface area contributed by atoms with E-state index in [1.165, 1.54) is 10.2 Å². The summed E-state index contributed by atoms with van der Waals surface area (Å²) in [5, 5.41) is 8.50. The lowest BCUT2D eigenvalue weighted by molar-refractivity contribution is 0.496. The molecule has 1 aliphatic heterocycles. The molecule has 3 aromatic heterocycles. The van der Waals surface area contributed by atoms with Gasteiger partial charge in [-0.1, -0.05) is 5.92 Å². The van der Waals surface area contributed by atoms with Gasteiger partial charge in [-0.2, -0.15) is 16.4 Å². The average molecular weight is 397 g/mol. The van der Waals surface area contributed by atoms with Gasteiger partial charge in [0.15, 0.2) is 0 Å². The maximum Gasteiger partial charge on any atom is 0.293 e. The van der Waals surface area contributed by atoms with Gasteiger partial charge in [0, 0.05) is 25.7 Å². The highest BCUT2D eigenvalue weighted by Gasteiger charge is 2.24. The number of anilines is 1. The van der Waals surface area contributed by atoms with Gasteiger partial charge in [0.05, 0.1) is 12.7 Å². The monoisotopic (exact) mass is 396 g/mol. The molecule has 2 N–H and O–H groups in total. The summed E-state index contributed by atoms with van der Waals surface area (Å²) in [4.78, 5) is 20.1. The predicted octanol–water partition coefficient (Wildman–Crippen LogP) is 1.85. The molecule has 0 saturated carbocycles. The zero-order valence-corrected chi connectivity index (χ0v) is 16.8. The van der Waals surface area contributed by atoms with E-state index >= 15 is 0 Å². The molecule has 1 saturated heterocycles. The molecule has 0 aromatic carbocycles. The summed E-state index contributed by atoms with van der Waals surface area (Å²) in [6.07, 6.45) is 4.50. The van der Waals surface area contributed by atoms with Crippen molar-refractivity contribution in [3.63, 3.8) is 0 Å². The van der Waals surface area contributed by atoms with Crippen molar-refractivity contribution in [1.82, 2.24) is 19.3 Å². The van der Waals surface area contributed by atoms with Gasteiger partial charge >= 0.3 is 0 Å². The third kappa shape index (κ3) is 3.68. The van der Waals surface area contributed by atoms with Crippen LogP contribution in [0.25, 0.3) is 11.0 Å². The fourth-order valence-corrected chi connectivity index (χ4v) is 4.35.